The average Bonchev–Trinajstić information content (AvgIpc) is 3.46. The molecule has 0 aromatic heterocycles. The lowest BCUT2D eigenvalue weighted by molar-refractivity contribution is 0.607. The highest BCUT2D eigenvalue weighted by atomic mass is 32.2. The van der Waals surface area contributed by atoms with Gasteiger partial charge in [-0.3, -0.25) is 0 Å². The number of hydrogen-bond acceptors (Lipinski definition) is 4. The number of benzene rings is 2. The van der Waals surface area contributed by atoms with Gasteiger partial charge in [0.1, 0.15) is 0 Å². The second-order valence-electron chi connectivity index (χ2n) is 8.67. The van der Waals surface area contributed by atoms with Crippen LogP contribution in [0.3, 0.4) is 0 Å². The first-order valence-corrected chi connectivity index (χ1v) is 14.1. The van der Waals surface area contributed by atoms with Crippen LogP contribution in [0.25, 0.3) is 0 Å². The number of rotatable bonds is 4. The first-order chi connectivity index (χ1) is 15.1. The van der Waals surface area contributed by atoms with Crippen LogP contribution in [-0.2, 0) is 0 Å². The van der Waals surface area contributed by atoms with Gasteiger partial charge in [0.25, 0.3) is 0 Å². The molecular weight excluding hydrogens is 453 g/mol. The molecule has 2 aromatic carbocycles. The van der Waals surface area contributed by atoms with Crippen molar-refractivity contribution in [1.29, 1.82) is 0 Å². The first kappa shape index (κ1) is 20.4. The van der Waals surface area contributed by atoms with Crippen LogP contribution in [0, 0.1) is 0 Å². The molecule has 2 atom stereocenters. The van der Waals surface area contributed by atoms with Gasteiger partial charge in [0.2, 0.25) is 0 Å². The molecule has 0 nitrogen and oxygen atoms in total. The Morgan fingerprint density at radius 1 is 0.645 bits per heavy atom. The molecule has 2 aliphatic heterocycles. The minimum absolute atomic E-state index is 0.0722. The van der Waals surface area contributed by atoms with Crippen molar-refractivity contribution in [2.75, 3.05) is 0 Å². The number of allylic oxidation sites excluding steroid dienone is 4. The summed E-state index contributed by atoms with van der Waals surface area (Å²) in [5.74, 6) is 0. The Kier molecular flexibility index (Phi) is 5.06. The molecule has 0 bridgehead atoms. The van der Waals surface area contributed by atoms with Crippen molar-refractivity contribution in [1.82, 2.24) is 0 Å². The van der Waals surface area contributed by atoms with E-state index in [0.717, 1.165) is 0 Å². The second kappa shape index (κ2) is 7.69. The number of hydrogen-bond donors (Lipinski definition) is 0. The molecule has 4 aliphatic rings. The van der Waals surface area contributed by atoms with Crippen LogP contribution in [0.1, 0.15) is 33.1 Å². The van der Waals surface area contributed by atoms with Crippen LogP contribution < -0.4 is 0 Å². The molecule has 31 heavy (non-hydrogen) atoms. The zero-order chi connectivity index (χ0) is 21.1. The minimum atomic E-state index is 0.0722. The third-order valence-corrected chi connectivity index (χ3v) is 12.4. The number of fused-ring (bicyclic) bond motifs is 4. The fourth-order valence-electron chi connectivity index (χ4n) is 5.19. The van der Waals surface area contributed by atoms with Gasteiger partial charge in [0, 0.05) is 18.3 Å². The summed E-state index contributed by atoms with van der Waals surface area (Å²) in [5, 5.41) is 0. The minimum Gasteiger partial charge on any atom is -0.106 e. The monoisotopic (exact) mass is 476 g/mol. The summed E-state index contributed by atoms with van der Waals surface area (Å²) >= 11 is 8.04. The molecule has 2 aliphatic carbocycles. The molecule has 2 unspecified atom stereocenters. The Balaban J connectivity index is 1.39. The molecule has 0 saturated heterocycles. The summed E-state index contributed by atoms with van der Waals surface area (Å²) in [6, 6.07) is 21.6. The van der Waals surface area contributed by atoms with Crippen LogP contribution in [0.4, 0.5) is 0 Å². The summed E-state index contributed by atoms with van der Waals surface area (Å²) in [5.41, 5.74) is 6.49. The van der Waals surface area contributed by atoms with Crippen LogP contribution in [-0.4, -0.2) is 9.49 Å². The van der Waals surface area contributed by atoms with Gasteiger partial charge in [-0.15, -0.1) is 23.5 Å². The van der Waals surface area contributed by atoms with Crippen LogP contribution in [0.2, 0.25) is 0 Å². The van der Waals surface area contributed by atoms with Gasteiger partial charge >= 0.3 is 0 Å². The van der Waals surface area contributed by atoms with Gasteiger partial charge in [-0.25, -0.2) is 0 Å². The molecular formula is C27H24S4. The summed E-state index contributed by atoms with van der Waals surface area (Å²) in [6.45, 7) is 5.00. The van der Waals surface area contributed by atoms with Crippen molar-refractivity contribution in [2.24, 2.45) is 0 Å². The molecule has 1 saturated carbocycles. The van der Waals surface area contributed by atoms with E-state index >= 15 is 0 Å². The van der Waals surface area contributed by atoms with Crippen molar-refractivity contribution >= 4 is 47.0 Å². The highest BCUT2D eigenvalue weighted by Crippen LogP contribution is 2.70. The van der Waals surface area contributed by atoms with Gasteiger partial charge in [-0.2, -0.15) is 0 Å². The summed E-state index contributed by atoms with van der Waals surface area (Å²) in [7, 11) is 0. The number of thioether (sulfide) groups is 4. The Morgan fingerprint density at radius 3 is 1.48 bits per heavy atom. The lowest BCUT2D eigenvalue weighted by Crippen LogP contribution is -2.47. The lowest BCUT2D eigenvalue weighted by Gasteiger charge is -2.47. The van der Waals surface area contributed by atoms with Gasteiger partial charge in [-0.05, 0) is 91.8 Å². The van der Waals surface area contributed by atoms with E-state index in [1.54, 1.807) is 22.3 Å². The van der Waals surface area contributed by atoms with E-state index in [2.05, 4.69) is 110 Å². The maximum atomic E-state index is 2.52. The van der Waals surface area contributed by atoms with Crippen molar-refractivity contribution < 1.29 is 0 Å². The van der Waals surface area contributed by atoms with E-state index in [0.29, 0.717) is 0 Å². The predicted molar refractivity (Wildman–Crippen MR) is 141 cm³/mol. The van der Waals surface area contributed by atoms with Crippen molar-refractivity contribution in [2.45, 2.75) is 52.4 Å². The highest BCUT2D eigenvalue weighted by Gasteiger charge is 2.59. The topological polar surface area (TPSA) is 0 Å². The van der Waals surface area contributed by atoms with E-state index in [-0.39, 0.29) is 9.49 Å². The fraction of sp³-hybridized carbons (Fsp3) is 0.259. The summed E-state index contributed by atoms with van der Waals surface area (Å²) in [6.07, 6.45) is 8.81. The SMILES string of the molecule is CC12SC(Sc3ccccc3)=CC1=C1CCCC1=C1C=C(Sc3ccccc3)SC12C. The van der Waals surface area contributed by atoms with E-state index in [1.165, 1.54) is 37.5 Å². The summed E-state index contributed by atoms with van der Waals surface area (Å²) < 4.78 is 3.02. The van der Waals surface area contributed by atoms with Crippen LogP contribution in [0.5, 0.6) is 0 Å². The quantitative estimate of drug-likeness (QED) is 0.431. The van der Waals surface area contributed by atoms with E-state index in [1.807, 2.05) is 23.5 Å². The Hall–Kier alpha value is -1.20. The largest absolute Gasteiger partial charge is 0.106 e. The normalized spacial score (nSPS) is 29.0. The molecule has 6 rings (SSSR count). The Labute approximate surface area is 202 Å². The van der Waals surface area contributed by atoms with Crippen molar-refractivity contribution in [3.8, 4) is 0 Å². The van der Waals surface area contributed by atoms with E-state index in [4.69, 9.17) is 0 Å². The molecule has 0 N–H and O–H groups in total. The maximum absolute atomic E-state index is 2.52. The van der Waals surface area contributed by atoms with E-state index in [9.17, 15) is 0 Å². The molecule has 0 spiro atoms. The van der Waals surface area contributed by atoms with Crippen LogP contribution in [0.15, 0.2) is 113 Å². The van der Waals surface area contributed by atoms with E-state index < -0.39 is 0 Å². The second-order valence-corrected chi connectivity index (χ2v) is 14.3. The summed E-state index contributed by atoms with van der Waals surface area (Å²) in [4.78, 5) is 2.66. The third-order valence-electron chi connectivity index (χ3n) is 6.86. The Bertz CT molecular complexity index is 1080. The lowest BCUT2D eigenvalue weighted by atomic mass is 9.72. The Morgan fingerprint density at radius 2 is 1.06 bits per heavy atom. The average molecular weight is 477 g/mol. The van der Waals surface area contributed by atoms with Crippen molar-refractivity contribution in [3.63, 3.8) is 0 Å². The smallest absolute Gasteiger partial charge is 0.0624 e. The van der Waals surface area contributed by atoms with Crippen molar-refractivity contribution in [3.05, 3.63) is 104 Å². The zero-order valence-corrected chi connectivity index (χ0v) is 20.9. The van der Waals surface area contributed by atoms with Crippen LogP contribution >= 0.6 is 47.0 Å². The van der Waals surface area contributed by atoms with Gasteiger partial charge in [-0.1, -0.05) is 59.9 Å². The molecule has 1 fully saturated rings. The van der Waals surface area contributed by atoms with Gasteiger partial charge in [0.15, 0.2) is 0 Å². The first-order valence-electron chi connectivity index (χ1n) is 10.8. The molecule has 2 heterocycles. The standard InChI is InChI=1S/C27H24S4/c1-26-22(16-24(30-26)28-18-10-5-3-6-11-18)20-14-9-15-21(20)23-17-25(31-27(23,26)2)29-19-12-7-4-8-13-19/h3-8,10-13,16-17H,9,14-15H2,1-2H3. The predicted octanol–water partition coefficient (Wildman–Crippen LogP) is 9.06. The highest BCUT2D eigenvalue weighted by molar-refractivity contribution is 8.25. The van der Waals surface area contributed by atoms with Gasteiger partial charge in [0.05, 0.1) is 9.49 Å². The molecule has 2 aromatic rings. The molecule has 0 amide bonds. The van der Waals surface area contributed by atoms with Gasteiger partial charge < -0.3 is 0 Å². The molecule has 4 heteroatoms. The molecule has 0 radical (unpaired) electrons. The third kappa shape index (κ3) is 3.25. The maximum Gasteiger partial charge on any atom is 0.0624 e. The zero-order valence-electron chi connectivity index (χ0n) is 17.7. The molecule has 156 valence electrons. The fourth-order valence-corrected chi connectivity index (χ4v) is 11.1.